The molecule has 1 N–H and O–H groups in total. The van der Waals surface area contributed by atoms with E-state index in [1.54, 1.807) is 7.11 Å². The van der Waals surface area contributed by atoms with Crippen molar-refractivity contribution >= 4 is 6.03 Å². The van der Waals surface area contributed by atoms with Gasteiger partial charge in [0.2, 0.25) is 0 Å². The van der Waals surface area contributed by atoms with Crippen molar-refractivity contribution in [3.8, 4) is 11.5 Å². The molecular formula is C17H26N2O3. The second-order valence-corrected chi connectivity index (χ2v) is 5.66. The SMILES string of the molecule is COc1ccc(OCCNC(=O)N(C)C2CCCCC2)cc1. The zero-order chi connectivity index (χ0) is 15.8. The minimum atomic E-state index is -0.00905. The highest BCUT2D eigenvalue weighted by atomic mass is 16.5. The Balaban J connectivity index is 1.65. The number of amides is 2. The van der Waals surface area contributed by atoms with Gasteiger partial charge in [-0.15, -0.1) is 0 Å². The van der Waals surface area contributed by atoms with E-state index in [-0.39, 0.29) is 6.03 Å². The highest BCUT2D eigenvalue weighted by molar-refractivity contribution is 5.74. The molecule has 22 heavy (non-hydrogen) atoms. The smallest absolute Gasteiger partial charge is 0.317 e. The lowest BCUT2D eigenvalue weighted by Crippen LogP contribution is -2.45. The fourth-order valence-electron chi connectivity index (χ4n) is 2.76. The van der Waals surface area contributed by atoms with Crippen LogP contribution in [0.15, 0.2) is 24.3 Å². The second kappa shape index (κ2) is 8.51. The van der Waals surface area contributed by atoms with Crippen LogP contribution >= 0.6 is 0 Å². The summed E-state index contributed by atoms with van der Waals surface area (Å²) in [6.07, 6.45) is 5.98. The summed E-state index contributed by atoms with van der Waals surface area (Å²) in [4.78, 5) is 13.9. The predicted octanol–water partition coefficient (Wildman–Crippen LogP) is 3.05. The molecule has 0 saturated heterocycles. The van der Waals surface area contributed by atoms with Gasteiger partial charge in [-0.25, -0.2) is 4.79 Å². The van der Waals surface area contributed by atoms with E-state index in [1.165, 1.54) is 19.3 Å². The molecular weight excluding hydrogens is 280 g/mol. The molecule has 0 spiro atoms. The molecule has 122 valence electrons. The van der Waals surface area contributed by atoms with Gasteiger partial charge in [0.15, 0.2) is 0 Å². The van der Waals surface area contributed by atoms with Crippen molar-refractivity contribution < 1.29 is 14.3 Å². The summed E-state index contributed by atoms with van der Waals surface area (Å²) in [6.45, 7) is 0.957. The van der Waals surface area contributed by atoms with Crippen molar-refractivity contribution in [1.29, 1.82) is 0 Å². The molecule has 5 heteroatoms. The molecule has 0 aliphatic heterocycles. The van der Waals surface area contributed by atoms with E-state index in [1.807, 2.05) is 36.2 Å². The van der Waals surface area contributed by atoms with Crippen LogP contribution in [-0.2, 0) is 0 Å². The Morgan fingerprint density at radius 3 is 2.45 bits per heavy atom. The number of rotatable bonds is 6. The van der Waals surface area contributed by atoms with Crippen molar-refractivity contribution in [3.05, 3.63) is 24.3 Å². The fraction of sp³-hybridized carbons (Fsp3) is 0.588. The topological polar surface area (TPSA) is 50.8 Å². The van der Waals surface area contributed by atoms with Gasteiger partial charge in [0, 0.05) is 13.1 Å². The number of hydrogen-bond acceptors (Lipinski definition) is 3. The number of urea groups is 1. The van der Waals surface area contributed by atoms with Gasteiger partial charge in [-0.05, 0) is 37.1 Å². The van der Waals surface area contributed by atoms with Gasteiger partial charge in [-0.2, -0.15) is 0 Å². The van der Waals surface area contributed by atoms with E-state index in [0.29, 0.717) is 19.2 Å². The Kier molecular flexibility index (Phi) is 6.37. The molecule has 0 aromatic heterocycles. The first kappa shape index (κ1) is 16.5. The van der Waals surface area contributed by atoms with Gasteiger partial charge in [0.25, 0.3) is 0 Å². The van der Waals surface area contributed by atoms with E-state index in [4.69, 9.17) is 9.47 Å². The molecule has 0 unspecified atom stereocenters. The number of methoxy groups -OCH3 is 1. The number of hydrogen-bond donors (Lipinski definition) is 1. The fourth-order valence-corrected chi connectivity index (χ4v) is 2.76. The van der Waals surface area contributed by atoms with Crippen LogP contribution in [0, 0.1) is 0 Å². The summed E-state index contributed by atoms with van der Waals surface area (Å²) < 4.78 is 10.7. The molecule has 2 rings (SSSR count). The highest BCUT2D eigenvalue weighted by Crippen LogP contribution is 2.21. The van der Waals surface area contributed by atoms with Crippen LogP contribution in [0.5, 0.6) is 11.5 Å². The lowest BCUT2D eigenvalue weighted by atomic mass is 9.95. The molecule has 1 aliphatic carbocycles. The van der Waals surface area contributed by atoms with Crippen molar-refractivity contribution in [2.24, 2.45) is 0 Å². The molecule has 1 aromatic carbocycles. The lowest BCUT2D eigenvalue weighted by molar-refractivity contribution is 0.171. The summed E-state index contributed by atoms with van der Waals surface area (Å²) in [5, 5.41) is 2.91. The number of benzene rings is 1. The standard InChI is InChI=1S/C17H26N2O3/c1-19(14-6-4-3-5-7-14)17(20)18-12-13-22-16-10-8-15(21-2)9-11-16/h8-11,14H,3-7,12-13H2,1-2H3,(H,18,20). The van der Waals surface area contributed by atoms with Crippen molar-refractivity contribution in [2.75, 3.05) is 27.3 Å². The van der Waals surface area contributed by atoms with E-state index >= 15 is 0 Å². The van der Waals surface area contributed by atoms with Crippen LogP contribution in [0.1, 0.15) is 32.1 Å². The van der Waals surface area contributed by atoms with Gasteiger partial charge in [0.1, 0.15) is 18.1 Å². The second-order valence-electron chi connectivity index (χ2n) is 5.66. The lowest BCUT2D eigenvalue weighted by Gasteiger charge is -2.31. The van der Waals surface area contributed by atoms with Crippen LogP contribution in [0.25, 0.3) is 0 Å². The maximum absolute atomic E-state index is 12.1. The van der Waals surface area contributed by atoms with Gasteiger partial charge < -0.3 is 19.7 Å². The first-order valence-electron chi connectivity index (χ1n) is 7.98. The zero-order valence-electron chi connectivity index (χ0n) is 13.5. The summed E-state index contributed by atoms with van der Waals surface area (Å²) in [5.41, 5.74) is 0. The zero-order valence-corrected chi connectivity index (χ0v) is 13.5. The van der Waals surface area contributed by atoms with Gasteiger partial charge in [-0.1, -0.05) is 19.3 Å². The van der Waals surface area contributed by atoms with E-state index in [0.717, 1.165) is 24.3 Å². The van der Waals surface area contributed by atoms with Crippen LogP contribution in [0.2, 0.25) is 0 Å². The van der Waals surface area contributed by atoms with Gasteiger partial charge in [0.05, 0.1) is 13.7 Å². The molecule has 0 atom stereocenters. The van der Waals surface area contributed by atoms with Crippen LogP contribution in [-0.4, -0.2) is 44.3 Å². The third-order valence-corrected chi connectivity index (χ3v) is 4.15. The monoisotopic (exact) mass is 306 g/mol. The Morgan fingerprint density at radius 2 is 1.82 bits per heavy atom. The number of ether oxygens (including phenoxy) is 2. The van der Waals surface area contributed by atoms with Crippen molar-refractivity contribution in [2.45, 2.75) is 38.1 Å². The molecule has 1 aliphatic rings. The third kappa shape index (κ3) is 4.83. The van der Waals surface area contributed by atoms with E-state index in [2.05, 4.69) is 5.32 Å². The Labute approximate surface area is 132 Å². The number of nitrogens with one attached hydrogen (secondary N) is 1. The van der Waals surface area contributed by atoms with Crippen LogP contribution in [0.3, 0.4) is 0 Å². The molecule has 1 saturated carbocycles. The first-order valence-corrected chi connectivity index (χ1v) is 7.98. The summed E-state index contributed by atoms with van der Waals surface area (Å²) in [5.74, 6) is 1.57. The molecule has 0 heterocycles. The van der Waals surface area contributed by atoms with Crippen LogP contribution < -0.4 is 14.8 Å². The van der Waals surface area contributed by atoms with Gasteiger partial charge >= 0.3 is 6.03 Å². The maximum Gasteiger partial charge on any atom is 0.317 e. The quantitative estimate of drug-likeness (QED) is 0.822. The minimum Gasteiger partial charge on any atom is -0.497 e. The van der Waals surface area contributed by atoms with Gasteiger partial charge in [-0.3, -0.25) is 0 Å². The Morgan fingerprint density at radius 1 is 1.18 bits per heavy atom. The highest BCUT2D eigenvalue weighted by Gasteiger charge is 2.21. The molecule has 0 radical (unpaired) electrons. The molecule has 2 amide bonds. The third-order valence-electron chi connectivity index (χ3n) is 4.15. The minimum absolute atomic E-state index is 0.00905. The normalized spacial score (nSPS) is 15.2. The molecule has 1 aromatic rings. The molecule has 5 nitrogen and oxygen atoms in total. The Hall–Kier alpha value is -1.91. The number of nitrogens with zero attached hydrogens (tertiary/aromatic N) is 1. The summed E-state index contributed by atoms with van der Waals surface area (Å²) >= 11 is 0. The first-order chi connectivity index (χ1) is 10.7. The summed E-state index contributed by atoms with van der Waals surface area (Å²) in [6, 6.07) is 7.79. The average molecular weight is 306 g/mol. The predicted molar refractivity (Wildman–Crippen MR) is 86.5 cm³/mol. The number of carbonyl (C=O) groups excluding carboxylic acids is 1. The largest absolute Gasteiger partial charge is 0.497 e. The molecule has 1 fully saturated rings. The molecule has 0 bridgehead atoms. The van der Waals surface area contributed by atoms with E-state index in [9.17, 15) is 4.79 Å². The average Bonchev–Trinajstić information content (AvgIpc) is 2.59. The summed E-state index contributed by atoms with van der Waals surface area (Å²) in [7, 11) is 3.52. The van der Waals surface area contributed by atoms with E-state index < -0.39 is 0 Å². The maximum atomic E-state index is 12.1. The van der Waals surface area contributed by atoms with Crippen molar-refractivity contribution in [1.82, 2.24) is 10.2 Å². The van der Waals surface area contributed by atoms with Crippen molar-refractivity contribution in [3.63, 3.8) is 0 Å². The number of carbonyl (C=O) groups is 1. The Bertz CT molecular complexity index is 455. The van der Waals surface area contributed by atoms with Crippen LogP contribution in [0.4, 0.5) is 4.79 Å².